The number of ether oxygens (including phenoxy) is 1. The van der Waals surface area contributed by atoms with Crippen molar-refractivity contribution in [2.45, 2.75) is 18.9 Å². The fourth-order valence-corrected chi connectivity index (χ4v) is 4.31. The number of rotatable bonds is 4. The van der Waals surface area contributed by atoms with Crippen molar-refractivity contribution in [2.75, 3.05) is 7.11 Å². The summed E-state index contributed by atoms with van der Waals surface area (Å²) in [7, 11) is 1.56. The topological polar surface area (TPSA) is 100 Å². The van der Waals surface area contributed by atoms with Crippen LogP contribution in [-0.2, 0) is 0 Å². The molecule has 144 valence electrons. The molecule has 0 aliphatic carbocycles. The fourth-order valence-electron chi connectivity index (χ4n) is 3.28. The Hall–Kier alpha value is -3.57. The Labute approximate surface area is 171 Å². The van der Waals surface area contributed by atoms with Gasteiger partial charge in [0.2, 0.25) is 5.88 Å². The summed E-state index contributed by atoms with van der Waals surface area (Å²) < 4.78 is 5.23. The van der Waals surface area contributed by atoms with Crippen molar-refractivity contribution in [1.82, 2.24) is 15.3 Å². The molecular formula is C21H17N5O2S. The van der Waals surface area contributed by atoms with E-state index in [9.17, 15) is 4.79 Å². The van der Waals surface area contributed by atoms with Gasteiger partial charge >= 0.3 is 6.03 Å². The Morgan fingerprint density at radius 3 is 2.69 bits per heavy atom. The third-order valence-corrected chi connectivity index (χ3v) is 5.64. The number of methoxy groups -OCH3 is 1. The minimum absolute atomic E-state index is 0.232. The van der Waals surface area contributed by atoms with Gasteiger partial charge in [-0.15, -0.1) is 11.3 Å². The number of nitrogens with zero attached hydrogens (tertiary/aromatic N) is 4. The second-order valence-corrected chi connectivity index (χ2v) is 7.41. The number of aromatic nitrogens is 2. The molecule has 0 saturated carbocycles. The van der Waals surface area contributed by atoms with E-state index in [1.165, 1.54) is 11.3 Å². The van der Waals surface area contributed by atoms with Gasteiger partial charge in [0.05, 0.1) is 42.1 Å². The number of hydrogen-bond donors (Lipinski definition) is 1. The number of thiazole rings is 1. The van der Waals surface area contributed by atoms with E-state index >= 15 is 0 Å². The average molecular weight is 403 g/mol. The maximum Gasteiger partial charge on any atom is 0.341 e. The lowest BCUT2D eigenvalue weighted by Crippen LogP contribution is -2.39. The van der Waals surface area contributed by atoms with E-state index in [-0.39, 0.29) is 5.92 Å². The van der Waals surface area contributed by atoms with E-state index < -0.39 is 12.1 Å². The summed E-state index contributed by atoms with van der Waals surface area (Å²) in [6, 6.07) is 14.1. The molecule has 3 aromatic rings. The normalized spacial score (nSPS) is 18.5. The Bertz CT molecular complexity index is 1130. The first-order valence-corrected chi connectivity index (χ1v) is 9.79. The molecule has 2 amide bonds. The first kappa shape index (κ1) is 18.8. The third kappa shape index (κ3) is 3.73. The minimum atomic E-state index is -0.393. The molecule has 1 aromatic carbocycles. The van der Waals surface area contributed by atoms with Crippen LogP contribution < -0.4 is 10.1 Å². The van der Waals surface area contributed by atoms with Crippen molar-refractivity contribution in [1.29, 1.82) is 5.26 Å². The molecule has 0 bridgehead atoms. The van der Waals surface area contributed by atoms with Crippen LogP contribution in [0, 0.1) is 11.3 Å². The van der Waals surface area contributed by atoms with Gasteiger partial charge < -0.3 is 10.1 Å². The Balaban J connectivity index is 1.72. The Morgan fingerprint density at radius 1 is 1.17 bits per heavy atom. The monoisotopic (exact) mass is 403 g/mol. The smallest absolute Gasteiger partial charge is 0.341 e. The summed E-state index contributed by atoms with van der Waals surface area (Å²) in [6.07, 6.45) is 0. The second-order valence-electron chi connectivity index (χ2n) is 6.52. The number of hydrogen-bond acceptors (Lipinski definition) is 6. The molecule has 0 spiro atoms. The molecule has 1 N–H and O–H groups in total. The molecule has 1 aliphatic rings. The molecule has 2 unspecified atom stereocenters. The highest BCUT2D eigenvalue weighted by Crippen LogP contribution is 2.37. The molecule has 2 aromatic heterocycles. The van der Waals surface area contributed by atoms with Gasteiger partial charge in [-0.05, 0) is 25.1 Å². The SMILES string of the molecule is COc1cccc(C2NC(=O)N=C(C)C2c2nc(-c3ccc(C#N)cc3)cs2)n1. The zero-order valence-corrected chi connectivity index (χ0v) is 16.6. The van der Waals surface area contributed by atoms with Crippen molar-refractivity contribution in [3.63, 3.8) is 0 Å². The van der Waals surface area contributed by atoms with Crippen LogP contribution in [0.2, 0.25) is 0 Å². The summed E-state index contributed by atoms with van der Waals surface area (Å²) in [4.78, 5) is 25.5. The summed E-state index contributed by atoms with van der Waals surface area (Å²) in [5.74, 6) is 0.248. The zero-order chi connectivity index (χ0) is 20.4. The quantitative estimate of drug-likeness (QED) is 0.707. The van der Waals surface area contributed by atoms with Gasteiger partial charge in [0.15, 0.2) is 0 Å². The lowest BCUT2D eigenvalue weighted by molar-refractivity contribution is 0.242. The molecule has 4 rings (SSSR count). The average Bonchev–Trinajstić information content (AvgIpc) is 3.23. The molecule has 2 atom stereocenters. The number of benzene rings is 1. The number of nitrogens with one attached hydrogen (secondary N) is 1. The van der Waals surface area contributed by atoms with Gasteiger partial charge in [-0.3, -0.25) is 0 Å². The summed E-state index contributed by atoms with van der Waals surface area (Å²) in [5.41, 5.74) is 3.72. The highest BCUT2D eigenvalue weighted by atomic mass is 32.1. The van der Waals surface area contributed by atoms with Crippen LogP contribution >= 0.6 is 11.3 Å². The van der Waals surface area contributed by atoms with Gasteiger partial charge in [0, 0.05) is 22.7 Å². The van der Waals surface area contributed by atoms with E-state index in [1.54, 1.807) is 25.3 Å². The lowest BCUT2D eigenvalue weighted by atomic mass is 9.91. The van der Waals surface area contributed by atoms with E-state index in [0.29, 0.717) is 22.8 Å². The number of pyridine rings is 1. The predicted molar refractivity (Wildman–Crippen MR) is 110 cm³/mol. The summed E-state index contributed by atoms with van der Waals surface area (Å²) in [5, 5.41) is 14.7. The van der Waals surface area contributed by atoms with Gasteiger partial charge in [0.25, 0.3) is 0 Å². The molecule has 0 saturated heterocycles. The van der Waals surface area contributed by atoms with Crippen molar-refractivity contribution >= 4 is 23.1 Å². The van der Waals surface area contributed by atoms with Crippen molar-refractivity contribution in [3.8, 4) is 23.2 Å². The zero-order valence-electron chi connectivity index (χ0n) is 15.8. The van der Waals surface area contributed by atoms with Gasteiger partial charge in [-0.2, -0.15) is 5.26 Å². The highest BCUT2D eigenvalue weighted by molar-refractivity contribution is 7.10. The van der Waals surface area contributed by atoms with Crippen molar-refractivity contribution < 1.29 is 9.53 Å². The molecule has 8 heteroatoms. The van der Waals surface area contributed by atoms with Crippen LogP contribution in [0.25, 0.3) is 11.3 Å². The molecule has 3 heterocycles. The molecule has 0 fully saturated rings. The van der Waals surface area contributed by atoms with Crippen LogP contribution in [0.5, 0.6) is 5.88 Å². The first-order chi connectivity index (χ1) is 14.1. The van der Waals surface area contributed by atoms with Crippen LogP contribution in [0.15, 0.2) is 52.8 Å². The van der Waals surface area contributed by atoms with Crippen molar-refractivity contribution in [3.05, 3.63) is 64.1 Å². The predicted octanol–water partition coefficient (Wildman–Crippen LogP) is 4.09. The van der Waals surface area contributed by atoms with Gasteiger partial charge in [-0.1, -0.05) is 18.2 Å². The number of amides is 2. The fraction of sp³-hybridized carbons (Fsp3) is 0.190. The Morgan fingerprint density at radius 2 is 1.97 bits per heavy atom. The second kappa shape index (κ2) is 7.81. The molecule has 29 heavy (non-hydrogen) atoms. The van der Waals surface area contributed by atoms with E-state index in [0.717, 1.165) is 16.3 Å². The summed E-state index contributed by atoms with van der Waals surface area (Å²) in [6.45, 7) is 1.83. The number of carbonyl (C=O) groups is 1. The van der Waals surface area contributed by atoms with Crippen LogP contribution in [0.4, 0.5) is 4.79 Å². The maximum atomic E-state index is 12.1. The third-order valence-electron chi connectivity index (χ3n) is 4.71. The van der Waals surface area contributed by atoms with E-state index in [4.69, 9.17) is 15.0 Å². The standard InChI is InChI=1S/C21H17N5O2S/c1-12-18(19(26-21(27)23-12)15-4-3-5-17(24-15)28-2)20-25-16(11-29-20)14-8-6-13(10-22)7-9-14/h3-9,11,18-19H,1-2H3,(H,26,27). The number of carbonyl (C=O) groups excluding carboxylic acids is 1. The van der Waals surface area contributed by atoms with Crippen LogP contribution in [-0.4, -0.2) is 28.8 Å². The Kier molecular flexibility index (Phi) is 5.06. The number of nitriles is 1. The van der Waals surface area contributed by atoms with E-state index in [1.807, 2.05) is 36.6 Å². The molecule has 0 radical (unpaired) electrons. The van der Waals surface area contributed by atoms with Crippen LogP contribution in [0.1, 0.15) is 35.1 Å². The molecule has 7 nitrogen and oxygen atoms in total. The number of aliphatic imine (C=N–C) groups is 1. The maximum absolute atomic E-state index is 12.1. The largest absolute Gasteiger partial charge is 0.481 e. The highest BCUT2D eigenvalue weighted by Gasteiger charge is 2.36. The van der Waals surface area contributed by atoms with Gasteiger partial charge in [0.1, 0.15) is 5.01 Å². The molecule has 1 aliphatic heterocycles. The van der Waals surface area contributed by atoms with E-state index in [2.05, 4.69) is 21.4 Å². The first-order valence-electron chi connectivity index (χ1n) is 8.91. The minimum Gasteiger partial charge on any atom is -0.481 e. The van der Waals surface area contributed by atoms with Crippen LogP contribution in [0.3, 0.4) is 0 Å². The number of urea groups is 1. The lowest BCUT2D eigenvalue weighted by Gasteiger charge is -2.29. The molecular weight excluding hydrogens is 386 g/mol. The van der Waals surface area contributed by atoms with Crippen molar-refractivity contribution in [2.24, 2.45) is 4.99 Å². The van der Waals surface area contributed by atoms with Gasteiger partial charge in [-0.25, -0.2) is 19.8 Å². The summed E-state index contributed by atoms with van der Waals surface area (Å²) >= 11 is 1.51.